The molecule has 2 aliphatic heterocycles. The number of Topliss-reactive ketones (excluding diaryl/α,β-unsaturated/α-hetero) is 1. The lowest BCUT2D eigenvalue weighted by molar-refractivity contribution is -0.276. The second-order valence-electron chi connectivity index (χ2n) is 15.2. The summed E-state index contributed by atoms with van der Waals surface area (Å²) >= 11 is 0. The van der Waals surface area contributed by atoms with Gasteiger partial charge in [0.15, 0.2) is 0 Å². The standard InChI is InChI=1S/C33H58N2O7/c1-24(36)41-34-30(3,4)20-26(21-31(34,5)6)19-27(38)17-15-13-11-12-14-16-18-29(39)40-28-22-32(7,8)35(42-25(2)37)33(9,10)23-28/h26,28H,11-23H2,1-10H3. The first-order chi connectivity index (χ1) is 19.2. The molecule has 0 amide bonds. The van der Waals surface area contributed by atoms with Crippen LogP contribution in [0.25, 0.3) is 0 Å². The molecule has 0 spiro atoms. The van der Waals surface area contributed by atoms with Crippen molar-refractivity contribution in [3.8, 4) is 0 Å². The Morgan fingerprint density at radius 3 is 1.40 bits per heavy atom. The fourth-order valence-corrected chi connectivity index (χ4v) is 7.59. The molecule has 2 saturated heterocycles. The van der Waals surface area contributed by atoms with Gasteiger partial charge < -0.3 is 14.4 Å². The summed E-state index contributed by atoms with van der Waals surface area (Å²) in [6.45, 7) is 19.1. The molecule has 9 heteroatoms. The summed E-state index contributed by atoms with van der Waals surface area (Å²) in [6.07, 6.45) is 10.0. The van der Waals surface area contributed by atoms with E-state index in [0.717, 1.165) is 51.4 Å². The predicted molar refractivity (Wildman–Crippen MR) is 162 cm³/mol. The second-order valence-corrected chi connectivity index (χ2v) is 15.2. The van der Waals surface area contributed by atoms with Gasteiger partial charge in [0.1, 0.15) is 11.9 Å². The third-order valence-electron chi connectivity index (χ3n) is 8.57. The summed E-state index contributed by atoms with van der Waals surface area (Å²) in [7, 11) is 0. The minimum absolute atomic E-state index is 0.164. The van der Waals surface area contributed by atoms with Crippen LogP contribution in [0.5, 0.6) is 0 Å². The largest absolute Gasteiger partial charge is 0.462 e. The van der Waals surface area contributed by atoms with E-state index in [2.05, 4.69) is 27.7 Å². The van der Waals surface area contributed by atoms with Gasteiger partial charge >= 0.3 is 17.9 Å². The molecule has 0 bridgehead atoms. The van der Waals surface area contributed by atoms with E-state index in [9.17, 15) is 19.2 Å². The zero-order valence-electron chi connectivity index (χ0n) is 28.1. The number of rotatable bonds is 14. The number of ether oxygens (including phenoxy) is 1. The average molecular weight is 595 g/mol. The van der Waals surface area contributed by atoms with Gasteiger partial charge in [-0.05, 0) is 87.0 Å². The highest BCUT2D eigenvalue weighted by Gasteiger charge is 2.49. The summed E-state index contributed by atoms with van der Waals surface area (Å²) in [5.41, 5.74) is -1.51. The normalized spacial score (nSPS) is 22.3. The summed E-state index contributed by atoms with van der Waals surface area (Å²) < 4.78 is 5.83. The molecule has 0 radical (unpaired) electrons. The minimum Gasteiger partial charge on any atom is -0.462 e. The van der Waals surface area contributed by atoms with Crippen molar-refractivity contribution in [1.29, 1.82) is 0 Å². The maximum Gasteiger partial charge on any atom is 0.322 e. The number of carbonyl (C=O) groups is 4. The lowest BCUT2D eigenvalue weighted by Crippen LogP contribution is -2.62. The Balaban J connectivity index is 1.61. The van der Waals surface area contributed by atoms with Gasteiger partial charge in [0, 0.05) is 46.0 Å². The molecule has 2 aliphatic rings. The van der Waals surface area contributed by atoms with E-state index < -0.39 is 11.1 Å². The van der Waals surface area contributed by atoms with E-state index in [4.69, 9.17) is 14.4 Å². The van der Waals surface area contributed by atoms with Gasteiger partial charge in [-0.15, -0.1) is 10.1 Å². The van der Waals surface area contributed by atoms with E-state index in [-0.39, 0.29) is 41.0 Å². The van der Waals surface area contributed by atoms with Gasteiger partial charge in [-0.2, -0.15) is 0 Å². The van der Waals surface area contributed by atoms with Crippen molar-refractivity contribution in [2.45, 2.75) is 181 Å². The molecule has 9 nitrogen and oxygen atoms in total. The van der Waals surface area contributed by atoms with Crippen molar-refractivity contribution in [3.05, 3.63) is 0 Å². The van der Waals surface area contributed by atoms with Gasteiger partial charge in [-0.1, -0.05) is 25.7 Å². The molecule has 0 aromatic carbocycles. The third-order valence-corrected chi connectivity index (χ3v) is 8.57. The fraction of sp³-hybridized carbons (Fsp3) is 0.879. The van der Waals surface area contributed by atoms with E-state index >= 15 is 0 Å². The van der Waals surface area contributed by atoms with Gasteiger partial charge in [0.05, 0.1) is 22.2 Å². The highest BCUT2D eigenvalue weighted by atomic mass is 16.7. The van der Waals surface area contributed by atoms with Crippen LogP contribution in [0.15, 0.2) is 0 Å². The van der Waals surface area contributed by atoms with Crippen LogP contribution in [-0.2, 0) is 33.6 Å². The molecule has 42 heavy (non-hydrogen) atoms. The number of ketones is 1. The minimum atomic E-state index is -0.435. The monoisotopic (exact) mass is 594 g/mol. The van der Waals surface area contributed by atoms with E-state index in [0.29, 0.717) is 37.9 Å². The van der Waals surface area contributed by atoms with Crippen LogP contribution < -0.4 is 0 Å². The molecule has 2 fully saturated rings. The Morgan fingerprint density at radius 2 is 0.976 bits per heavy atom. The highest BCUT2D eigenvalue weighted by Crippen LogP contribution is 2.43. The van der Waals surface area contributed by atoms with Crippen molar-refractivity contribution >= 4 is 23.7 Å². The molecule has 2 heterocycles. The van der Waals surface area contributed by atoms with E-state index in [1.165, 1.54) is 13.8 Å². The maximum absolute atomic E-state index is 12.7. The van der Waals surface area contributed by atoms with Gasteiger partial charge in [0.2, 0.25) is 0 Å². The zero-order chi connectivity index (χ0) is 31.9. The van der Waals surface area contributed by atoms with Crippen molar-refractivity contribution in [2.75, 3.05) is 0 Å². The number of hydrogen-bond donors (Lipinski definition) is 0. The average Bonchev–Trinajstić information content (AvgIpc) is 2.79. The van der Waals surface area contributed by atoms with Crippen molar-refractivity contribution in [2.24, 2.45) is 5.92 Å². The fourth-order valence-electron chi connectivity index (χ4n) is 7.59. The van der Waals surface area contributed by atoms with Crippen LogP contribution in [0.2, 0.25) is 0 Å². The second kappa shape index (κ2) is 14.7. The smallest absolute Gasteiger partial charge is 0.322 e. The van der Waals surface area contributed by atoms with E-state index in [1.54, 1.807) is 5.06 Å². The Kier molecular flexibility index (Phi) is 12.6. The molecule has 0 aromatic heterocycles. The molecule has 0 aromatic rings. The predicted octanol–water partition coefficient (Wildman–Crippen LogP) is 6.86. The SMILES string of the molecule is CC(=O)ON1C(C)(C)CC(CC(=O)CCCCCCCCC(=O)OC2CC(C)(C)N(OC(C)=O)C(C)(C)C2)CC1(C)C. The Hall–Kier alpha value is -2.00. The van der Waals surface area contributed by atoms with Crippen molar-refractivity contribution in [1.82, 2.24) is 10.1 Å². The first-order valence-electron chi connectivity index (χ1n) is 15.9. The lowest BCUT2D eigenvalue weighted by Gasteiger charge is -2.52. The number of nitrogens with zero attached hydrogens (tertiary/aromatic N) is 2. The quantitative estimate of drug-likeness (QED) is 0.158. The lowest BCUT2D eigenvalue weighted by atomic mass is 9.73. The van der Waals surface area contributed by atoms with Gasteiger partial charge in [-0.25, -0.2) is 0 Å². The molecule has 0 aliphatic carbocycles. The molecule has 2 rings (SSSR count). The van der Waals surface area contributed by atoms with Crippen LogP contribution in [0, 0.1) is 5.92 Å². The van der Waals surface area contributed by atoms with Gasteiger partial charge in [-0.3, -0.25) is 19.2 Å². The zero-order valence-corrected chi connectivity index (χ0v) is 28.1. The number of hydrogen-bond acceptors (Lipinski definition) is 9. The number of piperidine rings is 2. The van der Waals surface area contributed by atoms with Crippen LogP contribution >= 0.6 is 0 Å². The number of unbranched alkanes of at least 4 members (excludes halogenated alkanes) is 5. The molecule has 0 saturated carbocycles. The van der Waals surface area contributed by atoms with Crippen molar-refractivity contribution < 1.29 is 33.6 Å². The highest BCUT2D eigenvalue weighted by molar-refractivity contribution is 5.78. The first-order valence-corrected chi connectivity index (χ1v) is 15.9. The van der Waals surface area contributed by atoms with E-state index in [1.807, 2.05) is 32.8 Å². The first kappa shape index (κ1) is 36.2. The van der Waals surface area contributed by atoms with Crippen LogP contribution in [0.3, 0.4) is 0 Å². The van der Waals surface area contributed by atoms with Crippen LogP contribution in [-0.4, -0.2) is 62.1 Å². The Morgan fingerprint density at radius 1 is 0.595 bits per heavy atom. The number of esters is 1. The number of carbonyl (C=O) groups excluding carboxylic acids is 4. The molecule has 242 valence electrons. The molecule has 0 atom stereocenters. The third kappa shape index (κ3) is 10.9. The topological polar surface area (TPSA) is 102 Å². The van der Waals surface area contributed by atoms with Crippen LogP contribution in [0.1, 0.15) is 153 Å². The molecule has 0 N–H and O–H groups in total. The summed E-state index contributed by atoms with van der Waals surface area (Å²) in [6, 6.07) is 0. The Labute approximate surface area is 254 Å². The maximum atomic E-state index is 12.7. The summed E-state index contributed by atoms with van der Waals surface area (Å²) in [5.74, 6) is -0.217. The Bertz CT molecular complexity index is 844. The number of hydroxylamine groups is 4. The molecular formula is C33H58N2O7. The summed E-state index contributed by atoms with van der Waals surface area (Å²) in [5, 5.41) is 3.57. The molecule has 0 unspecified atom stereocenters. The van der Waals surface area contributed by atoms with Gasteiger partial charge in [0.25, 0.3) is 0 Å². The summed E-state index contributed by atoms with van der Waals surface area (Å²) in [4.78, 5) is 59.5. The molecular weight excluding hydrogens is 536 g/mol. The van der Waals surface area contributed by atoms with Crippen LogP contribution in [0.4, 0.5) is 0 Å². The van der Waals surface area contributed by atoms with Crippen molar-refractivity contribution in [3.63, 3.8) is 0 Å².